The molecule has 6 heteroatoms. The highest BCUT2D eigenvalue weighted by atomic mass is 16.5. The molecule has 0 spiro atoms. The minimum absolute atomic E-state index is 0.386. The molecule has 0 saturated heterocycles. The van der Waals surface area contributed by atoms with Crippen LogP contribution in [0.15, 0.2) is 60.9 Å². The molecule has 0 bridgehead atoms. The van der Waals surface area contributed by atoms with Gasteiger partial charge in [-0.25, -0.2) is 4.79 Å². The molecule has 6 nitrogen and oxygen atoms in total. The molecule has 0 radical (unpaired) electrons. The number of carboxylic acids is 1. The van der Waals surface area contributed by atoms with E-state index in [9.17, 15) is 9.90 Å². The fraction of sp³-hybridized carbons (Fsp3) is 0.320. The van der Waals surface area contributed by atoms with Gasteiger partial charge in [0.15, 0.2) is 6.10 Å². The van der Waals surface area contributed by atoms with Gasteiger partial charge >= 0.3 is 5.97 Å². The lowest BCUT2D eigenvalue weighted by molar-refractivity contribution is -0.150. The van der Waals surface area contributed by atoms with E-state index in [2.05, 4.69) is 38.8 Å². The van der Waals surface area contributed by atoms with Crippen molar-refractivity contribution < 1.29 is 14.6 Å². The Bertz CT molecular complexity index is 1110. The summed E-state index contributed by atoms with van der Waals surface area (Å²) in [4.78, 5) is 20.4. The average Bonchev–Trinajstić information content (AvgIpc) is 3.11. The maximum atomic E-state index is 11.4. The largest absolute Gasteiger partial charge is 0.479 e. The smallest absolute Gasteiger partial charge is 0.333 e. The van der Waals surface area contributed by atoms with Crippen LogP contribution in [0.1, 0.15) is 30.9 Å². The summed E-state index contributed by atoms with van der Waals surface area (Å²) < 4.78 is 7.74. The number of hydrogen-bond acceptors (Lipinski definition) is 4. The van der Waals surface area contributed by atoms with Crippen molar-refractivity contribution in [2.24, 2.45) is 0 Å². The van der Waals surface area contributed by atoms with Gasteiger partial charge in [0.05, 0.1) is 11.0 Å². The van der Waals surface area contributed by atoms with Crippen LogP contribution in [0.25, 0.3) is 22.1 Å². The van der Waals surface area contributed by atoms with E-state index < -0.39 is 12.1 Å². The maximum absolute atomic E-state index is 11.4. The number of carboxylic acid groups (broad SMARTS) is 1. The Labute approximate surface area is 181 Å². The number of fused-ring (bicyclic) bond motifs is 3. The highest BCUT2D eigenvalue weighted by Gasteiger charge is 2.18. The van der Waals surface area contributed by atoms with E-state index in [0.717, 1.165) is 53.4 Å². The van der Waals surface area contributed by atoms with Crippen LogP contribution < -0.4 is 0 Å². The number of carbonyl (C=O) groups is 1. The molecule has 0 aliphatic carbocycles. The molecule has 1 N–H and O–H groups in total. The van der Waals surface area contributed by atoms with Crippen molar-refractivity contribution in [3.05, 3.63) is 72.1 Å². The molecule has 1 atom stereocenters. The number of hydrogen-bond donors (Lipinski definition) is 1. The molecule has 0 saturated carbocycles. The van der Waals surface area contributed by atoms with Crippen molar-refractivity contribution in [1.82, 2.24) is 14.5 Å². The van der Waals surface area contributed by atoms with E-state index in [0.29, 0.717) is 13.0 Å². The van der Waals surface area contributed by atoms with E-state index in [1.165, 1.54) is 5.56 Å². The Morgan fingerprint density at radius 2 is 1.61 bits per heavy atom. The number of ether oxygens (including phenoxy) is 1. The van der Waals surface area contributed by atoms with Gasteiger partial charge in [0.1, 0.15) is 11.0 Å². The Morgan fingerprint density at radius 1 is 1.00 bits per heavy atom. The highest BCUT2D eigenvalue weighted by molar-refractivity contribution is 6.02. The van der Waals surface area contributed by atoms with Crippen LogP contribution in [0.5, 0.6) is 0 Å². The first kappa shape index (κ1) is 21.0. The Balaban J connectivity index is 1.41. The second-order valence-corrected chi connectivity index (χ2v) is 7.72. The van der Waals surface area contributed by atoms with Gasteiger partial charge in [-0.1, -0.05) is 31.2 Å². The number of nitrogens with zero attached hydrogens (tertiary/aromatic N) is 3. The Kier molecular flexibility index (Phi) is 6.57. The van der Waals surface area contributed by atoms with Gasteiger partial charge in [-0.3, -0.25) is 9.97 Å². The molecule has 0 amide bonds. The monoisotopic (exact) mass is 417 g/mol. The molecule has 4 aromatic rings. The highest BCUT2D eigenvalue weighted by Crippen LogP contribution is 2.25. The van der Waals surface area contributed by atoms with E-state index >= 15 is 0 Å². The zero-order chi connectivity index (χ0) is 21.6. The van der Waals surface area contributed by atoms with Gasteiger partial charge in [0.2, 0.25) is 0 Å². The van der Waals surface area contributed by atoms with Crippen LogP contribution in [0.2, 0.25) is 0 Å². The molecule has 0 aliphatic rings. The molecule has 1 unspecified atom stereocenters. The molecule has 31 heavy (non-hydrogen) atoms. The standard InChI is InChI=1S/C25H27N3O3/c1-2-16-31-22(25(29)30)17-19-11-9-18(10-12-19)6-5-15-28-20-7-3-13-26-23(20)24-21(28)8-4-14-27-24/h3-4,7-14,22H,2,5-6,15-17H2,1H3,(H,29,30). The summed E-state index contributed by atoms with van der Waals surface area (Å²) in [5.74, 6) is -0.910. The zero-order valence-corrected chi connectivity index (χ0v) is 17.7. The number of aliphatic carboxylic acids is 1. The summed E-state index contributed by atoms with van der Waals surface area (Å²) in [6, 6.07) is 16.3. The van der Waals surface area contributed by atoms with E-state index in [4.69, 9.17) is 4.74 Å². The summed E-state index contributed by atoms with van der Waals surface area (Å²) in [7, 11) is 0. The minimum atomic E-state index is -0.910. The van der Waals surface area contributed by atoms with Gasteiger partial charge in [0, 0.05) is 32.0 Å². The first-order valence-corrected chi connectivity index (χ1v) is 10.8. The first-order valence-electron chi connectivity index (χ1n) is 10.8. The van der Waals surface area contributed by atoms with Gasteiger partial charge in [-0.05, 0) is 54.7 Å². The SMILES string of the molecule is CCCOC(Cc1ccc(CCCn2c3cccnc3c3ncccc32)cc1)C(=O)O. The van der Waals surface area contributed by atoms with E-state index in [-0.39, 0.29) is 0 Å². The number of benzene rings is 1. The molecule has 0 aliphatic heterocycles. The molecule has 0 fully saturated rings. The topological polar surface area (TPSA) is 77.2 Å². The summed E-state index contributed by atoms with van der Waals surface area (Å²) >= 11 is 0. The van der Waals surface area contributed by atoms with Gasteiger partial charge in [-0.15, -0.1) is 0 Å². The summed E-state index contributed by atoms with van der Waals surface area (Å²) in [6.45, 7) is 3.31. The molecule has 160 valence electrons. The normalized spacial score (nSPS) is 12.4. The third-order valence-electron chi connectivity index (χ3n) is 5.47. The molecule has 3 heterocycles. The molecule has 1 aromatic carbocycles. The van der Waals surface area contributed by atoms with E-state index in [1.54, 1.807) is 0 Å². The van der Waals surface area contributed by atoms with Crippen LogP contribution >= 0.6 is 0 Å². The fourth-order valence-corrected chi connectivity index (χ4v) is 3.94. The summed E-state index contributed by atoms with van der Waals surface area (Å²) in [5, 5.41) is 9.34. The third kappa shape index (κ3) is 4.75. The van der Waals surface area contributed by atoms with Crippen molar-refractivity contribution >= 4 is 28.0 Å². The molecular weight excluding hydrogens is 390 g/mol. The first-order chi connectivity index (χ1) is 15.2. The second kappa shape index (κ2) is 9.71. The number of rotatable bonds is 10. The Hall–Kier alpha value is -3.25. The van der Waals surface area contributed by atoms with Crippen molar-refractivity contribution in [3.63, 3.8) is 0 Å². The number of pyridine rings is 2. The number of aryl methyl sites for hydroxylation is 2. The third-order valence-corrected chi connectivity index (χ3v) is 5.47. The average molecular weight is 418 g/mol. The minimum Gasteiger partial charge on any atom is -0.479 e. The van der Waals surface area contributed by atoms with Crippen LogP contribution in [0.3, 0.4) is 0 Å². The lowest BCUT2D eigenvalue weighted by Gasteiger charge is -2.13. The van der Waals surface area contributed by atoms with E-state index in [1.807, 2.05) is 43.6 Å². The predicted octanol–water partition coefficient (Wildman–Crippen LogP) is 4.64. The van der Waals surface area contributed by atoms with Crippen LogP contribution in [-0.4, -0.2) is 38.3 Å². The van der Waals surface area contributed by atoms with Crippen LogP contribution in [0.4, 0.5) is 0 Å². The Morgan fingerprint density at radius 3 is 2.19 bits per heavy atom. The lowest BCUT2D eigenvalue weighted by atomic mass is 10.0. The van der Waals surface area contributed by atoms with Crippen molar-refractivity contribution in [2.75, 3.05) is 6.61 Å². The van der Waals surface area contributed by atoms with Gasteiger partial charge < -0.3 is 14.4 Å². The molecule has 3 aromatic heterocycles. The molecular formula is C25H27N3O3. The van der Waals surface area contributed by atoms with Crippen molar-refractivity contribution in [2.45, 2.75) is 45.3 Å². The second-order valence-electron chi connectivity index (χ2n) is 7.72. The lowest BCUT2D eigenvalue weighted by Crippen LogP contribution is -2.26. The summed E-state index contributed by atoms with van der Waals surface area (Å²) in [5.41, 5.74) is 6.33. The van der Waals surface area contributed by atoms with Crippen molar-refractivity contribution in [1.29, 1.82) is 0 Å². The fourth-order valence-electron chi connectivity index (χ4n) is 3.94. The molecule has 4 rings (SSSR count). The maximum Gasteiger partial charge on any atom is 0.333 e. The van der Waals surface area contributed by atoms with Crippen LogP contribution in [-0.2, 0) is 28.9 Å². The van der Waals surface area contributed by atoms with Crippen molar-refractivity contribution in [3.8, 4) is 0 Å². The van der Waals surface area contributed by atoms with Crippen LogP contribution in [0, 0.1) is 0 Å². The van der Waals surface area contributed by atoms with Gasteiger partial charge in [0.25, 0.3) is 0 Å². The number of aromatic nitrogens is 3. The quantitative estimate of drug-likeness (QED) is 0.407. The predicted molar refractivity (Wildman–Crippen MR) is 121 cm³/mol. The van der Waals surface area contributed by atoms with Gasteiger partial charge in [-0.2, -0.15) is 0 Å². The summed E-state index contributed by atoms with van der Waals surface area (Å²) in [6.07, 6.45) is 5.95. The zero-order valence-electron chi connectivity index (χ0n) is 17.7.